The number of halogens is 3. The number of carboxylic acids is 1. The molecule has 2 aliphatic rings. The largest absolute Gasteiger partial charge is 0.478 e. The summed E-state index contributed by atoms with van der Waals surface area (Å²) in [5, 5.41) is 13.0. The van der Waals surface area contributed by atoms with Crippen molar-refractivity contribution in [1.29, 1.82) is 0 Å². The Morgan fingerprint density at radius 2 is 1.85 bits per heavy atom. The summed E-state index contributed by atoms with van der Waals surface area (Å²) in [5.74, 6) is -3.14. The minimum absolute atomic E-state index is 0.00132. The van der Waals surface area contributed by atoms with E-state index >= 15 is 0 Å². The van der Waals surface area contributed by atoms with Crippen molar-refractivity contribution in [2.75, 3.05) is 13.1 Å². The monoisotopic (exact) mass is 373 g/mol. The van der Waals surface area contributed by atoms with Crippen molar-refractivity contribution in [3.63, 3.8) is 0 Å². The SMILES string of the molecule is O=C(O)c1cnn(C2CCN(C(=O)C3CCCC(C(F)(F)F)C3)CC2)c1. The standard InChI is InChI=1S/C17H22F3N3O3/c18-17(19,20)13-3-1-2-11(8-13)15(24)22-6-4-14(5-7-22)23-10-12(9-21-23)16(25)26/h9-11,13-14H,1-8H2,(H,25,26). The number of amides is 1. The number of hydrogen-bond acceptors (Lipinski definition) is 3. The third kappa shape index (κ3) is 4.02. The summed E-state index contributed by atoms with van der Waals surface area (Å²) in [6, 6.07) is 0.00132. The highest BCUT2D eigenvalue weighted by molar-refractivity contribution is 5.86. The van der Waals surface area contributed by atoms with Crippen LogP contribution in [0, 0.1) is 11.8 Å². The van der Waals surface area contributed by atoms with Gasteiger partial charge in [-0.1, -0.05) is 6.42 Å². The maximum atomic E-state index is 12.9. The van der Waals surface area contributed by atoms with Gasteiger partial charge in [0, 0.05) is 25.2 Å². The Labute approximate surface area is 149 Å². The molecule has 1 saturated carbocycles. The molecule has 2 unspecified atom stereocenters. The van der Waals surface area contributed by atoms with Crippen LogP contribution < -0.4 is 0 Å². The molecule has 1 aromatic rings. The van der Waals surface area contributed by atoms with Crippen LogP contribution in [0.4, 0.5) is 13.2 Å². The van der Waals surface area contributed by atoms with E-state index in [0.717, 1.165) is 0 Å². The smallest absolute Gasteiger partial charge is 0.391 e. The highest BCUT2D eigenvalue weighted by atomic mass is 19.4. The minimum Gasteiger partial charge on any atom is -0.478 e. The average molecular weight is 373 g/mol. The summed E-state index contributed by atoms with van der Waals surface area (Å²) in [4.78, 5) is 25.2. The Hall–Kier alpha value is -2.06. The molecule has 1 aromatic heterocycles. The third-order valence-corrected chi connectivity index (χ3v) is 5.49. The van der Waals surface area contributed by atoms with E-state index in [1.165, 1.54) is 12.4 Å². The first-order chi connectivity index (χ1) is 12.3. The molecule has 144 valence electrons. The molecule has 2 heterocycles. The molecule has 0 bridgehead atoms. The van der Waals surface area contributed by atoms with E-state index in [4.69, 9.17) is 5.11 Å². The van der Waals surface area contributed by atoms with E-state index in [1.807, 2.05) is 0 Å². The molecule has 1 saturated heterocycles. The molecule has 1 amide bonds. The summed E-state index contributed by atoms with van der Waals surface area (Å²) >= 11 is 0. The molecule has 2 fully saturated rings. The highest BCUT2D eigenvalue weighted by Gasteiger charge is 2.44. The molecule has 9 heteroatoms. The second-order valence-electron chi connectivity index (χ2n) is 7.17. The van der Waals surface area contributed by atoms with Crippen molar-refractivity contribution < 1.29 is 27.9 Å². The highest BCUT2D eigenvalue weighted by Crippen LogP contribution is 2.40. The van der Waals surface area contributed by atoms with Gasteiger partial charge in [0.1, 0.15) is 0 Å². The maximum Gasteiger partial charge on any atom is 0.391 e. The lowest BCUT2D eigenvalue weighted by molar-refractivity contribution is -0.187. The van der Waals surface area contributed by atoms with Crippen molar-refractivity contribution in [2.45, 2.75) is 50.7 Å². The number of carbonyl (C=O) groups excluding carboxylic acids is 1. The van der Waals surface area contributed by atoms with Gasteiger partial charge in [-0.3, -0.25) is 9.48 Å². The molecule has 1 aliphatic heterocycles. The summed E-state index contributed by atoms with van der Waals surface area (Å²) in [6.07, 6.45) is 0.717. The predicted octanol–water partition coefficient (Wildman–Crippen LogP) is 3.11. The second-order valence-corrected chi connectivity index (χ2v) is 7.17. The van der Waals surface area contributed by atoms with Gasteiger partial charge in [-0.25, -0.2) is 4.79 Å². The van der Waals surface area contributed by atoms with Crippen LogP contribution >= 0.6 is 0 Å². The zero-order chi connectivity index (χ0) is 18.9. The molecule has 2 atom stereocenters. The number of carboxylic acid groups (broad SMARTS) is 1. The molecule has 3 rings (SSSR count). The fourth-order valence-electron chi connectivity index (χ4n) is 3.97. The number of rotatable bonds is 3. The first kappa shape index (κ1) is 18.7. The van der Waals surface area contributed by atoms with Crippen LogP contribution in [-0.4, -0.2) is 50.9 Å². The normalized spacial score (nSPS) is 25.3. The Kier molecular flexibility index (Phi) is 5.24. The zero-order valence-electron chi connectivity index (χ0n) is 14.3. The van der Waals surface area contributed by atoms with Crippen molar-refractivity contribution >= 4 is 11.9 Å². The van der Waals surface area contributed by atoms with Crippen molar-refractivity contribution in [2.24, 2.45) is 11.8 Å². The number of likely N-dealkylation sites (tertiary alicyclic amines) is 1. The Bertz CT molecular complexity index is 666. The topological polar surface area (TPSA) is 75.4 Å². The molecule has 1 aliphatic carbocycles. The third-order valence-electron chi connectivity index (χ3n) is 5.49. The maximum absolute atomic E-state index is 12.9. The van der Waals surface area contributed by atoms with Crippen LogP contribution in [0.15, 0.2) is 12.4 Å². The summed E-state index contributed by atoms with van der Waals surface area (Å²) < 4.78 is 40.4. The molecule has 0 spiro atoms. The van der Waals surface area contributed by atoms with Gasteiger partial charge in [-0.2, -0.15) is 18.3 Å². The molecular formula is C17H22F3N3O3. The van der Waals surface area contributed by atoms with Crippen LogP contribution in [0.25, 0.3) is 0 Å². The number of alkyl halides is 3. The molecular weight excluding hydrogens is 351 g/mol. The molecule has 1 N–H and O–H groups in total. The van der Waals surface area contributed by atoms with Crippen molar-refractivity contribution in [1.82, 2.24) is 14.7 Å². The molecule has 6 nitrogen and oxygen atoms in total. The number of aromatic carboxylic acids is 1. The second kappa shape index (κ2) is 7.28. The Balaban J connectivity index is 1.55. The van der Waals surface area contributed by atoms with Crippen LogP contribution in [0.3, 0.4) is 0 Å². The van der Waals surface area contributed by atoms with Crippen LogP contribution in [0.5, 0.6) is 0 Å². The Morgan fingerprint density at radius 3 is 2.42 bits per heavy atom. The fourth-order valence-corrected chi connectivity index (χ4v) is 3.97. The number of hydrogen-bond donors (Lipinski definition) is 1. The number of piperidine rings is 1. The van der Waals surface area contributed by atoms with Crippen LogP contribution in [0.1, 0.15) is 54.9 Å². The van der Waals surface area contributed by atoms with Gasteiger partial charge in [0.05, 0.1) is 23.7 Å². The number of aromatic nitrogens is 2. The lowest BCUT2D eigenvalue weighted by atomic mass is 9.80. The predicted molar refractivity (Wildman–Crippen MR) is 85.5 cm³/mol. The first-order valence-corrected chi connectivity index (χ1v) is 8.88. The molecule has 0 radical (unpaired) electrons. The van der Waals surface area contributed by atoms with Crippen molar-refractivity contribution in [3.8, 4) is 0 Å². The van der Waals surface area contributed by atoms with E-state index in [-0.39, 0.29) is 30.4 Å². The van der Waals surface area contributed by atoms with E-state index < -0.39 is 24.0 Å². The lowest BCUT2D eigenvalue weighted by Crippen LogP contribution is -2.44. The number of carbonyl (C=O) groups is 2. The van der Waals surface area contributed by atoms with Crippen LogP contribution in [0.2, 0.25) is 0 Å². The first-order valence-electron chi connectivity index (χ1n) is 8.88. The van der Waals surface area contributed by atoms with E-state index in [1.54, 1.807) is 9.58 Å². The quantitative estimate of drug-likeness (QED) is 0.883. The van der Waals surface area contributed by atoms with Crippen molar-refractivity contribution in [3.05, 3.63) is 18.0 Å². The Morgan fingerprint density at radius 1 is 1.15 bits per heavy atom. The van der Waals surface area contributed by atoms with Gasteiger partial charge in [0.25, 0.3) is 0 Å². The van der Waals surface area contributed by atoms with Gasteiger partial charge >= 0.3 is 12.1 Å². The summed E-state index contributed by atoms with van der Waals surface area (Å²) in [7, 11) is 0. The molecule has 26 heavy (non-hydrogen) atoms. The molecule has 0 aromatic carbocycles. The lowest BCUT2D eigenvalue weighted by Gasteiger charge is -2.37. The van der Waals surface area contributed by atoms with Gasteiger partial charge in [-0.15, -0.1) is 0 Å². The van der Waals surface area contributed by atoms with E-state index in [2.05, 4.69) is 5.10 Å². The summed E-state index contributed by atoms with van der Waals surface area (Å²) in [6.45, 7) is 0.915. The minimum atomic E-state index is -4.23. The van der Waals surface area contributed by atoms with Gasteiger partial charge in [0.2, 0.25) is 5.91 Å². The zero-order valence-corrected chi connectivity index (χ0v) is 14.3. The van der Waals surface area contributed by atoms with Gasteiger partial charge < -0.3 is 10.0 Å². The van der Waals surface area contributed by atoms with Gasteiger partial charge in [0.15, 0.2) is 0 Å². The van der Waals surface area contributed by atoms with Crippen LogP contribution in [-0.2, 0) is 4.79 Å². The number of nitrogens with zero attached hydrogens (tertiary/aromatic N) is 3. The van der Waals surface area contributed by atoms with Gasteiger partial charge in [-0.05, 0) is 32.1 Å². The fraction of sp³-hybridized carbons (Fsp3) is 0.706. The van der Waals surface area contributed by atoms with E-state index in [9.17, 15) is 22.8 Å². The van der Waals surface area contributed by atoms with E-state index in [0.29, 0.717) is 38.8 Å². The average Bonchev–Trinajstić information content (AvgIpc) is 3.11. The summed E-state index contributed by atoms with van der Waals surface area (Å²) in [5.41, 5.74) is 0.115.